The molecule has 0 fully saturated rings. The molecule has 1 amide bonds. The van der Waals surface area contributed by atoms with Gasteiger partial charge >= 0.3 is 5.97 Å². The van der Waals surface area contributed by atoms with Gasteiger partial charge in [-0.3, -0.25) is 10.2 Å². The van der Waals surface area contributed by atoms with E-state index in [1.54, 1.807) is 79.7 Å². The van der Waals surface area contributed by atoms with Crippen molar-refractivity contribution in [3.05, 3.63) is 118 Å². The van der Waals surface area contributed by atoms with Crippen LogP contribution in [0.5, 0.6) is 0 Å². The number of fused-ring (bicyclic) bond motifs is 1. The van der Waals surface area contributed by atoms with Crippen molar-refractivity contribution in [2.75, 3.05) is 6.61 Å². The van der Waals surface area contributed by atoms with Crippen LogP contribution in [0.4, 0.5) is 0 Å². The zero-order chi connectivity index (χ0) is 28.0. The molecule has 0 aliphatic heterocycles. The zero-order valence-corrected chi connectivity index (χ0v) is 21.5. The highest BCUT2D eigenvalue weighted by molar-refractivity contribution is 6.07. The number of esters is 1. The van der Waals surface area contributed by atoms with E-state index in [4.69, 9.17) is 26.9 Å². The van der Waals surface area contributed by atoms with Gasteiger partial charge in [-0.25, -0.2) is 4.79 Å². The zero-order valence-electron chi connectivity index (χ0n) is 21.5. The van der Waals surface area contributed by atoms with Crippen molar-refractivity contribution in [2.45, 2.75) is 25.4 Å². The lowest BCUT2D eigenvalue weighted by molar-refractivity contribution is -0.150. The molecule has 8 heteroatoms. The molecule has 39 heavy (non-hydrogen) atoms. The fourth-order valence-electron chi connectivity index (χ4n) is 4.41. The Morgan fingerprint density at radius 2 is 1.69 bits per heavy atom. The Hall–Kier alpha value is -5.00. The van der Waals surface area contributed by atoms with Gasteiger partial charge in [-0.1, -0.05) is 60.7 Å². The first-order valence-corrected chi connectivity index (χ1v) is 12.4. The molecule has 196 valence electrons. The Morgan fingerprint density at radius 1 is 1.00 bits per heavy atom. The van der Waals surface area contributed by atoms with Gasteiger partial charge in [0.1, 0.15) is 11.4 Å². The fourth-order valence-corrected chi connectivity index (χ4v) is 4.41. The van der Waals surface area contributed by atoms with E-state index in [2.05, 4.69) is 11.4 Å². The molecule has 0 saturated carbocycles. The third kappa shape index (κ3) is 5.95. The van der Waals surface area contributed by atoms with Crippen molar-refractivity contribution in [3.63, 3.8) is 0 Å². The number of carbonyl (C=O) groups excluding carboxylic acids is 2. The third-order valence-electron chi connectivity index (χ3n) is 6.56. The van der Waals surface area contributed by atoms with E-state index in [1.165, 1.54) is 0 Å². The van der Waals surface area contributed by atoms with Crippen LogP contribution in [0.25, 0.3) is 10.8 Å². The number of hydrogen-bond acceptors (Lipinski definition) is 6. The van der Waals surface area contributed by atoms with Crippen molar-refractivity contribution >= 4 is 28.5 Å². The number of hydrogen-bond donors (Lipinski definition) is 4. The fraction of sp³-hybridized carbons (Fsp3) is 0.161. The van der Waals surface area contributed by atoms with E-state index in [0.29, 0.717) is 28.8 Å². The Morgan fingerprint density at radius 3 is 2.33 bits per heavy atom. The molecular weight excluding hydrogens is 490 g/mol. The van der Waals surface area contributed by atoms with E-state index < -0.39 is 11.5 Å². The highest BCUT2D eigenvalue weighted by Crippen LogP contribution is 2.30. The van der Waals surface area contributed by atoms with Crippen LogP contribution in [0.1, 0.15) is 45.1 Å². The van der Waals surface area contributed by atoms with Gasteiger partial charge < -0.3 is 21.5 Å². The van der Waals surface area contributed by atoms with E-state index in [0.717, 1.165) is 21.9 Å². The summed E-state index contributed by atoms with van der Waals surface area (Å²) in [4.78, 5) is 26.2. The van der Waals surface area contributed by atoms with Gasteiger partial charge in [-0.15, -0.1) is 0 Å². The number of benzene rings is 4. The van der Waals surface area contributed by atoms with E-state index >= 15 is 0 Å². The minimum absolute atomic E-state index is 0.0442. The van der Waals surface area contributed by atoms with Crippen LogP contribution in [0, 0.1) is 16.7 Å². The second kappa shape index (κ2) is 11.6. The highest BCUT2D eigenvalue weighted by Gasteiger charge is 2.38. The van der Waals surface area contributed by atoms with Gasteiger partial charge in [0.15, 0.2) is 0 Å². The molecular formula is C31H29N5O3. The van der Waals surface area contributed by atoms with Crippen molar-refractivity contribution in [2.24, 2.45) is 11.5 Å². The van der Waals surface area contributed by atoms with Gasteiger partial charge in [0, 0.05) is 24.1 Å². The normalized spacial score (nSPS) is 12.2. The van der Waals surface area contributed by atoms with Crippen LogP contribution >= 0.6 is 0 Å². The van der Waals surface area contributed by atoms with Crippen LogP contribution in [0.3, 0.4) is 0 Å². The van der Waals surface area contributed by atoms with Gasteiger partial charge in [0.05, 0.1) is 18.2 Å². The van der Waals surface area contributed by atoms with Gasteiger partial charge in [-0.2, -0.15) is 5.26 Å². The Balaban J connectivity index is 1.63. The number of amides is 1. The molecule has 4 aromatic rings. The lowest BCUT2D eigenvalue weighted by Crippen LogP contribution is -2.48. The van der Waals surface area contributed by atoms with Crippen LogP contribution in [0.15, 0.2) is 84.9 Å². The molecule has 4 aromatic carbocycles. The van der Waals surface area contributed by atoms with Gasteiger partial charge in [-0.05, 0) is 58.7 Å². The molecule has 6 N–H and O–H groups in total. The molecule has 1 unspecified atom stereocenters. The quantitative estimate of drug-likeness (QED) is 0.149. The molecule has 0 aliphatic carbocycles. The smallest absolute Gasteiger partial charge is 0.331 e. The molecule has 8 nitrogen and oxygen atoms in total. The number of amidine groups is 1. The largest absolute Gasteiger partial charge is 0.464 e. The molecule has 4 rings (SSSR count). The van der Waals surface area contributed by atoms with Crippen LogP contribution in [-0.4, -0.2) is 24.3 Å². The minimum atomic E-state index is -1.48. The Bertz CT molecular complexity index is 1570. The molecule has 0 aromatic heterocycles. The van der Waals surface area contributed by atoms with Gasteiger partial charge in [0.2, 0.25) is 0 Å². The van der Waals surface area contributed by atoms with Crippen LogP contribution < -0.4 is 16.8 Å². The number of nitrogens with zero attached hydrogens (tertiary/aromatic N) is 1. The number of nitrogen functional groups attached to an aromatic ring is 1. The summed E-state index contributed by atoms with van der Waals surface area (Å²) in [6.45, 7) is 2.22. The summed E-state index contributed by atoms with van der Waals surface area (Å²) in [5.41, 5.74) is 14.7. The number of ether oxygens (including phenoxy) is 1. The maximum absolute atomic E-state index is 13.1. The molecule has 0 bridgehead atoms. The van der Waals surface area contributed by atoms with E-state index in [9.17, 15) is 9.59 Å². The number of carbonyl (C=O) groups is 2. The summed E-state index contributed by atoms with van der Waals surface area (Å²) in [7, 11) is 0. The third-order valence-corrected chi connectivity index (χ3v) is 6.56. The standard InChI is InChI=1S/C31H29N5O3/c1-2-39-30(38)31(35,17-20-10-12-23(13-11-20)28(33)34)25-14-15-26-24(16-25)4-3-5-27(26)29(37)36-19-22-8-6-21(18-32)7-9-22/h3-16H,2,17,19,35H2,1H3,(H3,33,34)(H,36,37). The van der Waals surface area contributed by atoms with Crippen molar-refractivity contribution in [1.82, 2.24) is 5.32 Å². The molecule has 0 aliphatic rings. The summed E-state index contributed by atoms with van der Waals surface area (Å²) in [6, 6.07) is 26.9. The molecule has 0 radical (unpaired) electrons. The topological polar surface area (TPSA) is 155 Å². The maximum atomic E-state index is 13.1. The SMILES string of the molecule is CCOC(=O)C(N)(Cc1ccc(C(=N)N)cc1)c1ccc2c(C(=O)NCc3ccc(C#N)cc3)cccc2c1. The van der Waals surface area contributed by atoms with Crippen molar-refractivity contribution < 1.29 is 14.3 Å². The first kappa shape index (κ1) is 27.0. The number of nitriles is 1. The predicted molar refractivity (Wildman–Crippen MR) is 150 cm³/mol. The minimum Gasteiger partial charge on any atom is -0.464 e. The van der Waals surface area contributed by atoms with Crippen molar-refractivity contribution in [3.8, 4) is 6.07 Å². The predicted octanol–water partition coefficient (Wildman–Crippen LogP) is 3.89. The van der Waals surface area contributed by atoms with Crippen molar-refractivity contribution in [1.29, 1.82) is 10.7 Å². The molecule has 0 heterocycles. The second-order valence-electron chi connectivity index (χ2n) is 9.21. The van der Waals surface area contributed by atoms with E-state index in [1.807, 2.05) is 12.1 Å². The average Bonchev–Trinajstić information content (AvgIpc) is 2.95. The second-order valence-corrected chi connectivity index (χ2v) is 9.21. The first-order valence-electron chi connectivity index (χ1n) is 12.4. The summed E-state index contributed by atoms with van der Waals surface area (Å²) in [5.74, 6) is -0.846. The highest BCUT2D eigenvalue weighted by atomic mass is 16.5. The maximum Gasteiger partial charge on any atom is 0.331 e. The molecule has 1 atom stereocenters. The summed E-state index contributed by atoms with van der Waals surface area (Å²) >= 11 is 0. The lowest BCUT2D eigenvalue weighted by Gasteiger charge is -2.28. The number of nitrogens with two attached hydrogens (primary N) is 2. The van der Waals surface area contributed by atoms with E-state index in [-0.39, 0.29) is 24.8 Å². The molecule has 0 saturated heterocycles. The summed E-state index contributed by atoms with van der Waals surface area (Å²) in [6.07, 6.45) is 0.167. The Kier molecular flexibility index (Phi) is 8.04. The summed E-state index contributed by atoms with van der Waals surface area (Å²) < 4.78 is 5.36. The number of rotatable bonds is 9. The van der Waals surface area contributed by atoms with Crippen LogP contribution in [-0.2, 0) is 28.0 Å². The van der Waals surface area contributed by atoms with Gasteiger partial charge in [0.25, 0.3) is 5.91 Å². The first-order chi connectivity index (χ1) is 18.7. The number of nitrogens with one attached hydrogen (secondary N) is 2. The Labute approximate surface area is 226 Å². The average molecular weight is 520 g/mol. The molecule has 0 spiro atoms. The lowest BCUT2D eigenvalue weighted by atomic mass is 9.83. The monoisotopic (exact) mass is 519 g/mol. The van der Waals surface area contributed by atoms with Crippen LogP contribution in [0.2, 0.25) is 0 Å². The summed E-state index contributed by atoms with van der Waals surface area (Å²) in [5, 5.41) is 21.0.